The maximum absolute atomic E-state index is 5.79. The van der Waals surface area contributed by atoms with Gasteiger partial charge < -0.3 is 14.9 Å². The van der Waals surface area contributed by atoms with Gasteiger partial charge in [-0.2, -0.15) is 5.10 Å². The second kappa shape index (κ2) is 4.20. The number of methoxy groups -OCH3 is 1. The average molecular weight is 255 g/mol. The van der Waals surface area contributed by atoms with Gasteiger partial charge in [-0.3, -0.25) is 5.10 Å². The van der Waals surface area contributed by atoms with Gasteiger partial charge in [-0.1, -0.05) is 6.58 Å². The molecule has 0 radical (unpaired) electrons. The number of benzene rings is 1. The van der Waals surface area contributed by atoms with Gasteiger partial charge in [0.05, 0.1) is 12.6 Å². The van der Waals surface area contributed by atoms with Gasteiger partial charge in [-0.25, -0.2) is 0 Å². The van der Waals surface area contributed by atoms with E-state index in [0.717, 1.165) is 22.2 Å². The maximum atomic E-state index is 5.79. The first kappa shape index (κ1) is 11.4. The fourth-order valence-corrected chi connectivity index (χ4v) is 1.93. The molecule has 19 heavy (non-hydrogen) atoms. The Kier molecular flexibility index (Phi) is 2.52. The Morgan fingerprint density at radius 1 is 1.37 bits per heavy atom. The Labute approximate surface area is 109 Å². The molecule has 3 N–H and O–H groups in total. The van der Waals surface area contributed by atoms with Crippen LogP contribution in [0.4, 0.5) is 5.82 Å². The van der Waals surface area contributed by atoms with Crippen LogP contribution in [0, 0.1) is 0 Å². The number of rotatable bonds is 3. The highest BCUT2D eigenvalue weighted by Crippen LogP contribution is 2.29. The first-order chi connectivity index (χ1) is 9.19. The molecule has 2 heterocycles. The molecule has 3 aromatic rings. The third kappa shape index (κ3) is 1.85. The fraction of sp³-hybridized carbons (Fsp3) is 0.0714. The Hall–Kier alpha value is -2.69. The number of aromatic nitrogens is 2. The summed E-state index contributed by atoms with van der Waals surface area (Å²) in [5, 5.41) is 7.70. The highest BCUT2D eigenvalue weighted by atomic mass is 16.5. The smallest absolute Gasteiger partial charge is 0.168 e. The Balaban J connectivity index is 2.06. The minimum atomic E-state index is 0.477. The summed E-state index contributed by atoms with van der Waals surface area (Å²) in [5.74, 6) is 2.31. The van der Waals surface area contributed by atoms with Crippen LogP contribution in [0.3, 0.4) is 0 Å². The van der Waals surface area contributed by atoms with Gasteiger partial charge in [0.25, 0.3) is 0 Å². The third-order valence-corrected chi connectivity index (χ3v) is 3.00. The SMILES string of the molecule is C=C(OC)c1ccc(-c2ccc3[nH]nc(N)c3c2)o1. The van der Waals surface area contributed by atoms with E-state index in [-0.39, 0.29) is 0 Å². The van der Waals surface area contributed by atoms with Crippen LogP contribution in [0.15, 0.2) is 41.3 Å². The molecule has 0 amide bonds. The number of H-pyrrole nitrogens is 1. The number of nitrogen functional groups attached to an aromatic ring is 1. The summed E-state index contributed by atoms with van der Waals surface area (Å²) in [4.78, 5) is 0. The van der Waals surface area contributed by atoms with Crippen LogP contribution in [0.2, 0.25) is 0 Å². The lowest BCUT2D eigenvalue weighted by Gasteiger charge is -2.00. The van der Waals surface area contributed by atoms with Gasteiger partial charge in [0, 0.05) is 10.9 Å². The van der Waals surface area contributed by atoms with E-state index in [2.05, 4.69) is 16.8 Å². The lowest BCUT2D eigenvalue weighted by Crippen LogP contribution is -1.84. The van der Waals surface area contributed by atoms with Gasteiger partial charge in [0.15, 0.2) is 17.3 Å². The Morgan fingerprint density at radius 3 is 3.00 bits per heavy atom. The summed E-state index contributed by atoms with van der Waals surface area (Å²) in [6.07, 6.45) is 0. The van der Waals surface area contributed by atoms with Crippen LogP contribution < -0.4 is 5.73 Å². The lowest BCUT2D eigenvalue weighted by atomic mass is 10.1. The number of furan rings is 1. The molecular formula is C14H13N3O2. The number of nitrogens with two attached hydrogens (primary N) is 1. The molecule has 0 aliphatic rings. The summed E-state index contributed by atoms with van der Waals surface area (Å²) in [7, 11) is 1.56. The normalized spacial score (nSPS) is 10.8. The highest BCUT2D eigenvalue weighted by molar-refractivity contribution is 5.91. The maximum Gasteiger partial charge on any atom is 0.168 e. The third-order valence-electron chi connectivity index (χ3n) is 3.00. The molecule has 0 atom stereocenters. The van der Waals surface area contributed by atoms with Crippen LogP contribution in [-0.4, -0.2) is 17.3 Å². The largest absolute Gasteiger partial charge is 0.493 e. The Bertz CT molecular complexity index is 755. The van der Waals surface area contributed by atoms with Crippen molar-refractivity contribution in [3.63, 3.8) is 0 Å². The van der Waals surface area contributed by atoms with E-state index < -0.39 is 0 Å². The second-order valence-electron chi connectivity index (χ2n) is 4.16. The van der Waals surface area contributed by atoms with E-state index in [4.69, 9.17) is 14.9 Å². The molecule has 0 spiro atoms. The van der Waals surface area contributed by atoms with Gasteiger partial charge in [-0.05, 0) is 30.3 Å². The second-order valence-corrected chi connectivity index (χ2v) is 4.16. The number of anilines is 1. The molecular weight excluding hydrogens is 242 g/mol. The highest BCUT2D eigenvalue weighted by Gasteiger charge is 2.10. The standard InChI is InChI=1S/C14H13N3O2/c1-8(18-2)12-5-6-13(19-12)9-3-4-11-10(7-9)14(15)17-16-11/h3-7H,1H2,2H3,(H3,15,16,17). The van der Waals surface area contributed by atoms with E-state index in [0.29, 0.717) is 17.3 Å². The number of aromatic amines is 1. The van der Waals surface area contributed by atoms with Crippen molar-refractivity contribution in [2.24, 2.45) is 0 Å². The summed E-state index contributed by atoms with van der Waals surface area (Å²) in [6.45, 7) is 3.76. The fourth-order valence-electron chi connectivity index (χ4n) is 1.93. The van der Waals surface area contributed by atoms with Crippen molar-refractivity contribution in [2.75, 3.05) is 12.8 Å². The van der Waals surface area contributed by atoms with E-state index in [1.54, 1.807) is 7.11 Å². The van der Waals surface area contributed by atoms with Crippen LogP contribution >= 0.6 is 0 Å². The van der Waals surface area contributed by atoms with E-state index in [1.165, 1.54) is 0 Å². The Morgan fingerprint density at radius 2 is 2.21 bits per heavy atom. The van der Waals surface area contributed by atoms with Crippen LogP contribution in [0.5, 0.6) is 0 Å². The minimum Gasteiger partial charge on any atom is -0.493 e. The summed E-state index contributed by atoms with van der Waals surface area (Å²) >= 11 is 0. The zero-order valence-corrected chi connectivity index (χ0v) is 10.4. The monoisotopic (exact) mass is 255 g/mol. The first-order valence-electron chi connectivity index (χ1n) is 5.76. The number of ether oxygens (including phenoxy) is 1. The molecule has 0 aliphatic carbocycles. The van der Waals surface area contributed by atoms with Gasteiger partial charge in [0.1, 0.15) is 5.76 Å². The van der Waals surface area contributed by atoms with Gasteiger partial charge in [-0.15, -0.1) is 0 Å². The van der Waals surface area contributed by atoms with E-state index in [9.17, 15) is 0 Å². The van der Waals surface area contributed by atoms with Crippen molar-refractivity contribution in [3.8, 4) is 11.3 Å². The number of fused-ring (bicyclic) bond motifs is 1. The summed E-state index contributed by atoms with van der Waals surface area (Å²) < 4.78 is 10.7. The van der Waals surface area contributed by atoms with Crippen LogP contribution in [0.25, 0.3) is 28.0 Å². The predicted octanol–water partition coefficient (Wildman–Crippen LogP) is 3.02. The first-order valence-corrected chi connectivity index (χ1v) is 5.76. The number of nitrogens with one attached hydrogen (secondary N) is 1. The van der Waals surface area contributed by atoms with Gasteiger partial charge >= 0.3 is 0 Å². The molecule has 0 saturated carbocycles. The van der Waals surface area contributed by atoms with Crippen molar-refractivity contribution in [1.82, 2.24) is 10.2 Å². The molecule has 1 aromatic carbocycles. The summed E-state index contributed by atoms with van der Waals surface area (Å²) in [6, 6.07) is 9.49. The lowest BCUT2D eigenvalue weighted by molar-refractivity contribution is 0.354. The number of hydrogen-bond donors (Lipinski definition) is 2. The zero-order chi connectivity index (χ0) is 13.4. The van der Waals surface area contributed by atoms with Crippen LogP contribution in [0.1, 0.15) is 5.76 Å². The predicted molar refractivity (Wildman–Crippen MR) is 74.3 cm³/mol. The van der Waals surface area contributed by atoms with Crippen molar-refractivity contribution in [3.05, 3.63) is 42.7 Å². The quantitative estimate of drug-likeness (QED) is 0.705. The molecule has 0 saturated heterocycles. The van der Waals surface area contributed by atoms with Crippen molar-refractivity contribution >= 4 is 22.5 Å². The molecule has 2 aromatic heterocycles. The zero-order valence-electron chi connectivity index (χ0n) is 10.4. The van der Waals surface area contributed by atoms with Crippen molar-refractivity contribution < 1.29 is 9.15 Å². The van der Waals surface area contributed by atoms with Gasteiger partial charge in [0.2, 0.25) is 0 Å². The average Bonchev–Trinajstić information content (AvgIpc) is 3.05. The van der Waals surface area contributed by atoms with Crippen molar-refractivity contribution in [1.29, 1.82) is 0 Å². The van der Waals surface area contributed by atoms with Crippen molar-refractivity contribution in [2.45, 2.75) is 0 Å². The number of nitrogens with zero attached hydrogens (tertiary/aromatic N) is 1. The molecule has 0 aliphatic heterocycles. The molecule has 5 heteroatoms. The molecule has 0 unspecified atom stereocenters. The molecule has 96 valence electrons. The summed E-state index contributed by atoms with van der Waals surface area (Å²) in [5.41, 5.74) is 7.62. The minimum absolute atomic E-state index is 0.477. The van der Waals surface area contributed by atoms with E-state index in [1.807, 2.05) is 30.3 Å². The molecule has 0 bridgehead atoms. The molecule has 5 nitrogen and oxygen atoms in total. The number of hydrogen-bond acceptors (Lipinski definition) is 4. The topological polar surface area (TPSA) is 77.1 Å². The molecule has 3 rings (SSSR count). The molecule has 0 fully saturated rings. The van der Waals surface area contributed by atoms with Crippen LogP contribution in [-0.2, 0) is 4.74 Å². The van der Waals surface area contributed by atoms with E-state index >= 15 is 0 Å².